The summed E-state index contributed by atoms with van der Waals surface area (Å²) in [5.41, 5.74) is 0.366. The van der Waals surface area contributed by atoms with Crippen LogP contribution in [0.5, 0.6) is 0 Å². The van der Waals surface area contributed by atoms with E-state index in [0.29, 0.717) is 10.1 Å². The summed E-state index contributed by atoms with van der Waals surface area (Å²) in [6, 6.07) is 11.5. The molecule has 6 nitrogen and oxygen atoms in total. The quantitative estimate of drug-likeness (QED) is 0.814. The number of rotatable bonds is 5. The van der Waals surface area contributed by atoms with E-state index in [1.807, 2.05) is 0 Å². The van der Waals surface area contributed by atoms with Gasteiger partial charge < -0.3 is 0 Å². The highest BCUT2D eigenvalue weighted by Crippen LogP contribution is 2.09. The lowest BCUT2D eigenvalue weighted by Crippen LogP contribution is -2.42. The van der Waals surface area contributed by atoms with Crippen molar-refractivity contribution in [2.24, 2.45) is 0 Å². The van der Waals surface area contributed by atoms with Crippen LogP contribution in [0.1, 0.15) is 0 Å². The van der Waals surface area contributed by atoms with Crippen LogP contribution in [-0.2, 0) is 15.0 Å². The normalized spacial score (nSPS) is 10.9. The van der Waals surface area contributed by atoms with Crippen molar-refractivity contribution in [3.63, 3.8) is 0 Å². The number of carbonyl (C=O) groups excluding carboxylic acids is 1. The molecule has 1 radical (unpaired) electrons. The second-order valence-corrected chi connectivity index (χ2v) is 4.87. The zero-order chi connectivity index (χ0) is 13.0. The van der Waals surface area contributed by atoms with Gasteiger partial charge in [0.05, 0.1) is 5.69 Å². The lowest BCUT2D eigenvalue weighted by atomic mass is 10.3. The maximum atomic E-state index is 12.0. The zero-order valence-electron chi connectivity index (χ0n) is 9.22. The second kappa shape index (κ2) is 4.92. The highest BCUT2D eigenvalue weighted by atomic mass is 32.2. The van der Waals surface area contributed by atoms with E-state index in [4.69, 9.17) is 0 Å². The van der Waals surface area contributed by atoms with Gasteiger partial charge in [-0.3, -0.25) is 9.52 Å². The number of para-hydroxylation sites is 1. The first-order valence-corrected chi connectivity index (χ1v) is 6.46. The number of nitrogens with one attached hydrogen (secondary N) is 1. The number of anilines is 1. The summed E-state index contributed by atoms with van der Waals surface area (Å²) in [6.45, 7) is 0. The fraction of sp³-hybridized carbons (Fsp3) is 0. The average molecular weight is 264 g/mol. The molecule has 1 aromatic heterocycles. The van der Waals surface area contributed by atoms with E-state index in [-0.39, 0.29) is 0 Å². The minimum atomic E-state index is -4.03. The SMILES string of the molecule is O=[C]N(n1cccc1)S(=O)(=O)Nc1ccccc1. The molecule has 0 saturated carbocycles. The molecule has 18 heavy (non-hydrogen) atoms. The molecule has 2 aromatic rings. The minimum Gasteiger partial charge on any atom is -0.265 e. The molecule has 0 unspecified atom stereocenters. The number of hydrogen-bond acceptors (Lipinski definition) is 3. The Balaban J connectivity index is 2.28. The van der Waals surface area contributed by atoms with Gasteiger partial charge in [-0.25, -0.2) is 4.68 Å². The van der Waals surface area contributed by atoms with E-state index >= 15 is 0 Å². The van der Waals surface area contributed by atoms with Crippen LogP contribution in [-0.4, -0.2) is 19.5 Å². The fourth-order valence-corrected chi connectivity index (χ4v) is 2.34. The molecule has 0 aliphatic heterocycles. The Kier molecular flexibility index (Phi) is 3.33. The van der Waals surface area contributed by atoms with Crippen molar-refractivity contribution in [1.29, 1.82) is 0 Å². The predicted octanol–water partition coefficient (Wildman–Crippen LogP) is 0.850. The number of amides is 1. The lowest BCUT2D eigenvalue weighted by Gasteiger charge is -2.18. The fourth-order valence-electron chi connectivity index (χ4n) is 1.37. The maximum absolute atomic E-state index is 12.0. The van der Waals surface area contributed by atoms with Gasteiger partial charge in [0.25, 0.3) is 0 Å². The van der Waals surface area contributed by atoms with Crippen molar-refractivity contribution in [3.8, 4) is 0 Å². The molecule has 0 aliphatic carbocycles. The van der Waals surface area contributed by atoms with Gasteiger partial charge in [-0.15, -0.1) is 4.41 Å². The Labute approximate surface area is 105 Å². The number of aromatic nitrogens is 1. The smallest absolute Gasteiger partial charge is 0.265 e. The first-order valence-electron chi connectivity index (χ1n) is 5.02. The van der Waals surface area contributed by atoms with Crippen LogP contribution in [0.2, 0.25) is 0 Å². The number of benzene rings is 1. The summed E-state index contributed by atoms with van der Waals surface area (Å²) in [5, 5.41) is 0. The third-order valence-electron chi connectivity index (χ3n) is 2.12. The zero-order valence-corrected chi connectivity index (χ0v) is 10.0. The summed E-state index contributed by atoms with van der Waals surface area (Å²) in [4.78, 5) is 10.8. The van der Waals surface area contributed by atoms with Gasteiger partial charge in [0.1, 0.15) is 0 Å². The van der Waals surface area contributed by atoms with Crippen LogP contribution in [0.4, 0.5) is 5.69 Å². The second-order valence-electron chi connectivity index (χ2n) is 3.37. The van der Waals surface area contributed by atoms with E-state index in [0.717, 1.165) is 4.68 Å². The third-order valence-corrected chi connectivity index (χ3v) is 3.34. The molecule has 0 atom stereocenters. The first kappa shape index (κ1) is 12.2. The van der Waals surface area contributed by atoms with Gasteiger partial charge in [0, 0.05) is 12.4 Å². The summed E-state index contributed by atoms with van der Waals surface area (Å²) in [5.74, 6) is 0. The molecule has 93 valence electrons. The molecule has 0 spiro atoms. The average Bonchev–Trinajstić information content (AvgIpc) is 2.83. The van der Waals surface area contributed by atoms with Gasteiger partial charge in [0.2, 0.25) is 0 Å². The summed E-state index contributed by atoms with van der Waals surface area (Å²) in [7, 11) is -4.03. The highest BCUT2D eigenvalue weighted by molar-refractivity contribution is 7.94. The molecular weight excluding hydrogens is 254 g/mol. The van der Waals surface area contributed by atoms with Crippen LogP contribution >= 0.6 is 0 Å². The van der Waals surface area contributed by atoms with E-state index in [1.165, 1.54) is 18.8 Å². The summed E-state index contributed by atoms with van der Waals surface area (Å²) < 4.78 is 27.7. The molecule has 0 aliphatic rings. The van der Waals surface area contributed by atoms with Gasteiger partial charge >= 0.3 is 16.6 Å². The maximum Gasteiger partial charge on any atom is 0.349 e. The van der Waals surface area contributed by atoms with Crippen LogP contribution < -0.4 is 9.14 Å². The topological polar surface area (TPSA) is 71.4 Å². The summed E-state index contributed by atoms with van der Waals surface area (Å²) in [6.07, 6.45) is 4.21. The van der Waals surface area contributed by atoms with Crippen LogP contribution in [0.15, 0.2) is 54.9 Å². The molecule has 0 bridgehead atoms. The molecule has 2 rings (SSSR count). The molecular formula is C11H10N3O3S. The predicted molar refractivity (Wildman–Crippen MR) is 67.3 cm³/mol. The molecule has 1 aromatic carbocycles. The van der Waals surface area contributed by atoms with Crippen molar-refractivity contribution in [2.45, 2.75) is 0 Å². The minimum absolute atomic E-state index is 0.366. The van der Waals surface area contributed by atoms with Crippen molar-refractivity contribution in [1.82, 2.24) is 4.68 Å². The Bertz CT molecular complexity index is 608. The number of nitrogens with zero attached hydrogens (tertiary/aromatic N) is 2. The van der Waals surface area contributed by atoms with E-state index < -0.39 is 10.2 Å². The Morgan fingerprint density at radius 3 is 2.22 bits per heavy atom. The Morgan fingerprint density at radius 2 is 1.67 bits per heavy atom. The largest absolute Gasteiger partial charge is 0.349 e. The first-order chi connectivity index (χ1) is 8.63. The van der Waals surface area contributed by atoms with Crippen molar-refractivity contribution >= 4 is 22.3 Å². The Morgan fingerprint density at radius 1 is 1.06 bits per heavy atom. The van der Waals surface area contributed by atoms with Gasteiger partial charge in [-0.2, -0.15) is 8.42 Å². The van der Waals surface area contributed by atoms with Gasteiger partial charge in [-0.05, 0) is 24.3 Å². The van der Waals surface area contributed by atoms with Crippen LogP contribution in [0, 0.1) is 0 Å². The van der Waals surface area contributed by atoms with E-state index in [9.17, 15) is 13.2 Å². The molecule has 0 fully saturated rings. The van der Waals surface area contributed by atoms with Crippen molar-refractivity contribution in [2.75, 3.05) is 9.14 Å². The molecule has 1 N–H and O–H groups in total. The van der Waals surface area contributed by atoms with Crippen LogP contribution in [0.25, 0.3) is 0 Å². The molecule has 1 heterocycles. The standard InChI is InChI=1S/C11H10N3O3S/c15-10-14(13-8-4-5-9-13)18(16,17)12-11-6-2-1-3-7-11/h1-9,12H. The number of hydrogen-bond donors (Lipinski definition) is 1. The van der Waals surface area contributed by atoms with Crippen LogP contribution in [0.3, 0.4) is 0 Å². The third kappa shape index (κ3) is 2.51. The van der Waals surface area contributed by atoms with Crippen molar-refractivity contribution < 1.29 is 13.2 Å². The molecule has 0 saturated heterocycles. The molecule has 7 heteroatoms. The summed E-state index contributed by atoms with van der Waals surface area (Å²) >= 11 is 0. The van der Waals surface area contributed by atoms with E-state index in [1.54, 1.807) is 42.5 Å². The van der Waals surface area contributed by atoms with E-state index in [2.05, 4.69) is 4.72 Å². The van der Waals surface area contributed by atoms with Crippen molar-refractivity contribution in [3.05, 3.63) is 54.9 Å². The van der Waals surface area contributed by atoms with Gasteiger partial charge in [0.15, 0.2) is 0 Å². The molecule has 1 amide bonds. The highest BCUT2D eigenvalue weighted by Gasteiger charge is 2.22. The van der Waals surface area contributed by atoms with Gasteiger partial charge in [-0.1, -0.05) is 18.2 Å². The lowest BCUT2D eigenvalue weighted by molar-refractivity contribution is 0.541. The monoisotopic (exact) mass is 264 g/mol. The Hall–Kier alpha value is -2.28.